The number of rotatable bonds is 2. The van der Waals surface area contributed by atoms with Crippen LogP contribution in [-0.2, 0) is 9.53 Å². The molecular weight excluding hydrogens is 262 g/mol. The highest BCUT2D eigenvalue weighted by atomic mass is 35.5. The first-order chi connectivity index (χ1) is 9.15. The Morgan fingerprint density at radius 3 is 2.89 bits per heavy atom. The average Bonchev–Trinajstić information content (AvgIpc) is 3.23. The Labute approximate surface area is 118 Å². The van der Waals surface area contributed by atoms with Crippen LogP contribution in [0.25, 0.3) is 0 Å². The van der Waals surface area contributed by atoms with Crippen LogP contribution in [0.1, 0.15) is 31.4 Å². The van der Waals surface area contributed by atoms with Gasteiger partial charge in [0.2, 0.25) is 5.91 Å². The SMILES string of the molecule is CC1COC(c2cccc(Cl)c2)CN1C(=O)C1CC1. The first kappa shape index (κ1) is 12.9. The van der Waals surface area contributed by atoms with Gasteiger partial charge in [0, 0.05) is 10.9 Å². The molecule has 1 amide bonds. The summed E-state index contributed by atoms with van der Waals surface area (Å²) in [6, 6.07) is 7.87. The number of amides is 1. The smallest absolute Gasteiger partial charge is 0.226 e. The lowest BCUT2D eigenvalue weighted by Gasteiger charge is -2.38. The molecule has 0 bridgehead atoms. The van der Waals surface area contributed by atoms with Gasteiger partial charge in [0.25, 0.3) is 0 Å². The molecule has 1 aliphatic carbocycles. The van der Waals surface area contributed by atoms with Gasteiger partial charge in [0.1, 0.15) is 6.10 Å². The van der Waals surface area contributed by atoms with Crippen LogP contribution in [0, 0.1) is 5.92 Å². The number of hydrogen-bond acceptors (Lipinski definition) is 2. The number of ether oxygens (including phenoxy) is 1. The van der Waals surface area contributed by atoms with E-state index >= 15 is 0 Å². The lowest BCUT2D eigenvalue weighted by atomic mass is 10.1. The zero-order valence-corrected chi connectivity index (χ0v) is 11.8. The maximum atomic E-state index is 12.3. The minimum absolute atomic E-state index is 0.0578. The molecule has 0 spiro atoms. The molecule has 1 heterocycles. The summed E-state index contributed by atoms with van der Waals surface area (Å²) in [4.78, 5) is 14.2. The van der Waals surface area contributed by atoms with Crippen LogP contribution in [-0.4, -0.2) is 30.0 Å². The van der Waals surface area contributed by atoms with Crippen LogP contribution >= 0.6 is 11.6 Å². The fraction of sp³-hybridized carbons (Fsp3) is 0.533. The minimum atomic E-state index is -0.0578. The van der Waals surface area contributed by atoms with Gasteiger partial charge in [-0.25, -0.2) is 0 Å². The Hall–Kier alpha value is -1.06. The maximum absolute atomic E-state index is 12.3. The molecule has 19 heavy (non-hydrogen) atoms. The topological polar surface area (TPSA) is 29.5 Å². The Balaban J connectivity index is 1.75. The molecular formula is C15H18ClNO2. The lowest BCUT2D eigenvalue weighted by molar-refractivity contribution is -0.145. The van der Waals surface area contributed by atoms with Gasteiger partial charge in [-0.15, -0.1) is 0 Å². The molecule has 4 heteroatoms. The summed E-state index contributed by atoms with van der Waals surface area (Å²) in [6.07, 6.45) is 2.03. The predicted molar refractivity (Wildman–Crippen MR) is 74.0 cm³/mol. The highest BCUT2D eigenvalue weighted by Crippen LogP contribution is 2.34. The molecule has 1 aliphatic heterocycles. The van der Waals surface area contributed by atoms with E-state index in [0.717, 1.165) is 18.4 Å². The van der Waals surface area contributed by atoms with E-state index in [1.807, 2.05) is 29.2 Å². The highest BCUT2D eigenvalue weighted by Gasteiger charge is 2.38. The van der Waals surface area contributed by atoms with E-state index in [9.17, 15) is 4.79 Å². The van der Waals surface area contributed by atoms with Gasteiger partial charge < -0.3 is 9.64 Å². The number of halogens is 1. The summed E-state index contributed by atoms with van der Waals surface area (Å²) < 4.78 is 5.86. The molecule has 0 radical (unpaired) electrons. The quantitative estimate of drug-likeness (QED) is 0.833. The average molecular weight is 280 g/mol. The summed E-state index contributed by atoms with van der Waals surface area (Å²) in [5.41, 5.74) is 1.05. The predicted octanol–water partition coefficient (Wildman–Crippen LogP) is 3.04. The number of benzene rings is 1. The molecule has 2 aliphatic rings. The van der Waals surface area contributed by atoms with Gasteiger partial charge in [0.05, 0.1) is 19.2 Å². The Morgan fingerprint density at radius 2 is 2.21 bits per heavy atom. The Bertz CT molecular complexity index is 487. The maximum Gasteiger partial charge on any atom is 0.226 e. The molecule has 0 aromatic heterocycles. The van der Waals surface area contributed by atoms with E-state index in [2.05, 4.69) is 6.92 Å². The fourth-order valence-corrected chi connectivity index (χ4v) is 2.74. The van der Waals surface area contributed by atoms with Crippen molar-refractivity contribution in [3.63, 3.8) is 0 Å². The lowest BCUT2D eigenvalue weighted by Crippen LogP contribution is -2.48. The van der Waals surface area contributed by atoms with Crippen molar-refractivity contribution < 1.29 is 9.53 Å². The molecule has 3 nitrogen and oxygen atoms in total. The second-order valence-corrected chi connectivity index (χ2v) is 5.93. The molecule has 1 aromatic carbocycles. The Morgan fingerprint density at radius 1 is 1.42 bits per heavy atom. The van der Waals surface area contributed by atoms with E-state index in [1.54, 1.807) is 0 Å². The third-order valence-corrected chi connectivity index (χ3v) is 4.10. The van der Waals surface area contributed by atoms with Crippen molar-refractivity contribution in [1.29, 1.82) is 0 Å². The van der Waals surface area contributed by atoms with Crippen molar-refractivity contribution in [2.24, 2.45) is 5.92 Å². The third-order valence-electron chi connectivity index (χ3n) is 3.86. The van der Waals surface area contributed by atoms with Crippen LogP contribution in [0.3, 0.4) is 0 Å². The fourth-order valence-electron chi connectivity index (χ4n) is 2.54. The molecule has 1 aromatic rings. The molecule has 2 fully saturated rings. The van der Waals surface area contributed by atoms with Crippen LogP contribution in [0.15, 0.2) is 24.3 Å². The van der Waals surface area contributed by atoms with Crippen LogP contribution in [0.2, 0.25) is 5.02 Å². The van der Waals surface area contributed by atoms with Gasteiger partial charge >= 0.3 is 0 Å². The number of morpholine rings is 1. The normalized spacial score (nSPS) is 27.4. The molecule has 2 atom stereocenters. The summed E-state index contributed by atoms with van der Waals surface area (Å²) in [7, 11) is 0. The highest BCUT2D eigenvalue weighted by molar-refractivity contribution is 6.30. The molecule has 102 valence electrons. The summed E-state index contributed by atoms with van der Waals surface area (Å²) in [6.45, 7) is 3.28. The standard InChI is InChI=1S/C15H18ClNO2/c1-10-9-19-14(12-3-2-4-13(16)7-12)8-17(10)15(18)11-5-6-11/h2-4,7,10-11,14H,5-6,8-9H2,1H3. The van der Waals surface area contributed by atoms with E-state index in [4.69, 9.17) is 16.3 Å². The monoisotopic (exact) mass is 279 g/mol. The van der Waals surface area contributed by atoms with E-state index < -0.39 is 0 Å². The summed E-state index contributed by atoms with van der Waals surface area (Å²) >= 11 is 6.02. The van der Waals surface area contributed by atoms with E-state index in [-0.39, 0.29) is 18.1 Å². The second-order valence-electron chi connectivity index (χ2n) is 5.49. The second kappa shape index (κ2) is 5.14. The number of carbonyl (C=O) groups is 1. The minimum Gasteiger partial charge on any atom is -0.370 e. The third kappa shape index (κ3) is 2.77. The van der Waals surface area contributed by atoms with Crippen molar-refractivity contribution in [2.75, 3.05) is 13.2 Å². The van der Waals surface area contributed by atoms with Crippen LogP contribution in [0.5, 0.6) is 0 Å². The molecule has 1 saturated carbocycles. The zero-order valence-electron chi connectivity index (χ0n) is 11.0. The van der Waals surface area contributed by atoms with Crippen molar-refractivity contribution >= 4 is 17.5 Å². The van der Waals surface area contributed by atoms with E-state index in [0.29, 0.717) is 24.1 Å². The van der Waals surface area contributed by atoms with Crippen LogP contribution in [0.4, 0.5) is 0 Å². The van der Waals surface area contributed by atoms with E-state index in [1.165, 1.54) is 0 Å². The summed E-state index contributed by atoms with van der Waals surface area (Å²) in [5.74, 6) is 0.559. The van der Waals surface area contributed by atoms with Gasteiger partial charge in [-0.2, -0.15) is 0 Å². The van der Waals surface area contributed by atoms with Gasteiger partial charge in [-0.1, -0.05) is 23.7 Å². The van der Waals surface area contributed by atoms with Crippen molar-refractivity contribution in [3.8, 4) is 0 Å². The zero-order chi connectivity index (χ0) is 13.4. The number of nitrogens with zero attached hydrogens (tertiary/aromatic N) is 1. The summed E-state index contributed by atoms with van der Waals surface area (Å²) in [5, 5.41) is 0.708. The first-order valence-corrected chi connectivity index (χ1v) is 7.20. The molecule has 0 N–H and O–H groups in total. The first-order valence-electron chi connectivity index (χ1n) is 6.82. The van der Waals surface area contributed by atoms with Gasteiger partial charge in [0.15, 0.2) is 0 Å². The van der Waals surface area contributed by atoms with Crippen LogP contribution < -0.4 is 0 Å². The van der Waals surface area contributed by atoms with Gasteiger partial charge in [-0.05, 0) is 37.5 Å². The van der Waals surface area contributed by atoms with Crippen molar-refractivity contribution in [2.45, 2.75) is 31.9 Å². The molecule has 3 rings (SSSR count). The van der Waals surface area contributed by atoms with Gasteiger partial charge in [-0.3, -0.25) is 4.79 Å². The molecule has 1 saturated heterocycles. The number of hydrogen-bond donors (Lipinski definition) is 0. The van der Waals surface area contributed by atoms with Crippen molar-refractivity contribution in [3.05, 3.63) is 34.9 Å². The number of carbonyl (C=O) groups excluding carboxylic acids is 1. The molecule has 2 unspecified atom stereocenters. The largest absolute Gasteiger partial charge is 0.370 e. The Kier molecular flexibility index (Phi) is 3.50. The van der Waals surface area contributed by atoms with Crippen molar-refractivity contribution in [1.82, 2.24) is 4.90 Å².